The molecule has 1 atom stereocenters. The highest BCUT2D eigenvalue weighted by Crippen LogP contribution is 2.21. The van der Waals surface area contributed by atoms with Gasteiger partial charge in [0.05, 0.1) is 13.2 Å². The summed E-state index contributed by atoms with van der Waals surface area (Å²) in [6, 6.07) is -0.383. The number of morpholine rings is 1. The molecule has 0 bridgehead atoms. The average Bonchev–Trinajstić information content (AvgIpc) is 2.78. The van der Waals surface area contributed by atoms with Crippen LogP contribution in [-0.4, -0.2) is 59.8 Å². The molecule has 16 heavy (non-hydrogen) atoms. The van der Waals surface area contributed by atoms with Gasteiger partial charge in [0.1, 0.15) is 6.04 Å². The number of likely N-dealkylation sites (tertiary alicyclic amines) is 1. The third kappa shape index (κ3) is 2.32. The van der Waals surface area contributed by atoms with E-state index < -0.39 is 0 Å². The second-order valence-electron chi connectivity index (χ2n) is 4.07. The summed E-state index contributed by atoms with van der Waals surface area (Å²) in [5.41, 5.74) is 0. The molecule has 90 valence electrons. The predicted molar refractivity (Wildman–Crippen MR) is 61.5 cm³/mol. The van der Waals surface area contributed by atoms with Crippen LogP contribution in [0.3, 0.4) is 0 Å². The maximum absolute atomic E-state index is 12.1. The Labute approximate surface area is 100 Å². The summed E-state index contributed by atoms with van der Waals surface area (Å²) < 4.78 is 5.19. The first-order valence-electron chi connectivity index (χ1n) is 5.56. The van der Waals surface area contributed by atoms with Crippen LogP contribution in [0.25, 0.3) is 0 Å². The molecule has 0 aromatic rings. The maximum Gasteiger partial charge on any atom is 0.320 e. The second-order valence-corrected chi connectivity index (χ2v) is 4.51. The monoisotopic (exact) mass is 244 g/mol. The number of rotatable bonds is 1. The summed E-state index contributed by atoms with van der Waals surface area (Å²) in [4.78, 5) is 26.8. The number of thiol groups is 1. The summed E-state index contributed by atoms with van der Waals surface area (Å²) >= 11 is 3.83. The largest absolute Gasteiger partial charge is 0.378 e. The van der Waals surface area contributed by atoms with Gasteiger partial charge in [-0.1, -0.05) is 0 Å². The van der Waals surface area contributed by atoms with Gasteiger partial charge in [0, 0.05) is 19.6 Å². The summed E-state index contributed by atoms with van der Waals surface area (Å²) in [5, 5.41) is -0.209. The summed E-state index contributed by atoms with van der Waals surface area (Å²) in [5.74, 6) is 0. The molecular weight excluding hydrogens is 228 g/mol. The van der Waals surface area contributed by atoms with E-state index in [4.69, 9.17) is 4.74 Å². The maximum atomic E-state index is 12.1. The van der Waals surface area contributed by atoms with Crippen LogP contribution in [0.4, 0.5) is 4.79 Å². The predicted octanol–water partition coefficient (Wildman–Crippen LogP) is 0.359. The van der Waals surface area contributed by atoms with Gasteiger partial charge in [-0.15, -0.1) is 12.6 Å². The Hall–Kier alpha value is -0.750. The quantitative estimate of drug-likeness (QED) is 0.678. The van der Waals surface area contributed by atoms with Crippen molar-refractivity contribution in [1.29, 1.82) is 0 Å². The number of ether oxygens (including phenoxy) is 1. The van der Waals surface area contributed by atoms with Gasteiger partial charge in [-0.2, -0.15) is 0 Å². The Morgan fingerprint density at radius 1 is 1.19 bits per heavy atom. The zero-order valence-electron chi connectivity index (χ0n) is 9.09. The molecule has 0 radical (unpaired) electrons. The first-order chi connectivity index (χ1) is 7.70. The molecule has 2 heterocycles. The smallest absolute Gasteiger partial charge is 0.320 e. The van der Waals surface area contributed by atoms with Crippen LogP contribution in [0.2, 0.25) is 0 Å². The number of carbonyl (C=O) groups is 2. The summed E-state index contributed by atoms with van der Waals surface area (Å²) in [7, 11) is 0. The van der Waals surface area contributed by atoms with Crippen molar-refractivity contribution >= 4 is 23.8 Å². The van der Waals surface area contributed by atoms with Crippen LogP contribution in [0, 0.1) is 0 Å². The first kappa shape index (κ1) is 11.7. The molecule has 2 aliphatic rings. The molecule has 6 heteroatoms. The Bertz CT molecular complexity index is 292. The van der Waals surface area contributed by atoms with Crippen LogP contribution in [0.5, 0.6) is 0 Å². The lowest BCUT2D eigenvalue weighted by molar-refractivity contribution is -0.114. The first-order valence-corrected chi connectivity index (χ1v) is 6.01. The third-order valence-corrected chi connectivity index (χ3v) is 3.36. The molecule has 2 amide bonds. The highest BCUT2D eigenvalue weighted by Gasteiger charge is 2.35. The molecule has 0 N–H and O–H groups in total. The molecule has 2 rings (SSSR count). The minimum atomic E-state index is -0.335. The SMILES string of the molecule is O=C(S)[C@@H]1CCCN1C(=O)N1CCOCC1. The average molecular weight is 244 g/mol. The number of urea groups is 1. The van der Waals surface area contributed by atoms with Crippen molar-refractivity contribution in [1.82, 2.24) is 9.80 Å². The summed E-state index contributed by atoms with van der Waals surface area (Å²) in [6.45, 7) is 3.05. The van der Waals surface area contributed by atoms with E-state index in [2.05, 4.69) is 12.6 Å². The van der Waals surface area contributed by atoms with Gasteiger partial charge in [-0.25, -0.2) is 4.79 Å². The van der Waals surface area contributed by atoms with Crippen molar-refractivity contribution in [3.63, 3.8) is 0 Å². The van der Waals surface area contributed by atoms with E-state index in [1.54, 1.807) is 9.80 Å². The fraction of sp³-hybridized carbons (Fsp3) is 0.800. The van der Waals surface area contributed by atoms with Crippen molar-refractivity contribution < 1.29 is 14.3 Å². The van der Waals surface area contributed by atoms with E-state index >= 15 is 0 Å². The van der Waals surface area contributed by atoms with Crippen molar-refractivity contribution in [3.8, 4) is 0 Å². The number of hydrogen-bond donors (Lipinski definition) is 1. The van der Waals surface area contributed by atoms with Gasteiger partial charge < -0.3 is 14.5 Å². The Morgan fingerprint density at radius 2 is 1.88 bits per heavy atom. The highest BCUT2D eigenvalue weighted by atomic mass is 32.1. The molecule has 0 unspecified atom stereocenters. The standard InChI is InChI=1S/C10H16N2O3S/c13-9(16)8-2-1-3-12(8)10(14)11-4-6-15-7-5-11/h8H,1-7H2,(H,13,16)/t8-/m0/s1. The summed E-state index contributed by atoms with van der Waals surface area (Å²) in [6.07, 6.45) is 1.62. The molecule has 0 aromatic carbocycles. The van der Waals surface area contributed by atoms with Gasteiger partial charge in [0.25, 0.3) is 0 Å². The fourth-order valence-electron chi connectivity index (χ4n) is 2.19. The highest BCUT2D eigenvalue weighted by molar-refractivity contribution is 7.96. The topological polar surface area (TPSA) is 49.9 Å². The van der Waals surface area contributed by atoms with Crippen LogP contribution < -0.4 is 0 Å². The Morgan fingerprint density at radius 3 is 2.50 bits per heavy atom. The lowest BCUT2D eigenvalue weighted by Gasteiger charge is -2.32. The van der Waals surface area contributed by atoms with Gasteiger partial charge in [-0.05, 0) is 12.8 Å². The zero-order chi connectivity index (χ0) is 11.5. The van der Waals surface area contributed by atoms with E-state index in [-0.39, 0.29) is 17.2 Å². The lowest BCUT2D eigenvalue weighted by Crippen LogP contribution is -2.50. The van der Waals surface area contributed by atoms with E-state index in [1.807, 2.05) is 0 Å². The number of nitrogens with zero attached hydrogens (tertiary/aromatic N) is 2. The van der Waals surface area contributed by atoms with E-state index in [0.29, 0.717) is 32.8 Å². The van der Waals surface area contributed by atoms with Crippen LogP contribution in [-0.2, 0) is 9.53 Å². The Balaban J connectivity index is 1.99. The Kier molecular flexibility index (Phi) is 3.70. The van der Waals surface area contributed by atoms with Crippen LogP contribution >= 0.6 is 12.6 Å². The minimum Gasteiger partial charge on any atom is -0.378 e. The molecule has 2 aliphatic heterocycles. The molecule has 0 aliphatic carbocycles. The number of amides is 2. The van der Waals surface area contributed by atoms with Crippen LogP contribution in [0.15, 0.2) is 0 Å². The molecule has 0 spiro atoms. The molecule has 0 saturated carbocycles. The van der Waals surface area contributed by atoms with Gasteiger partial charge >= 0.3 is 6.03 Å². The molecule has 5 nitrogen and oxygen atoms in total. The normalized spacial score (nSPS) is 25.9. The number of carbonyl (C=O) groups excluding carboxylic acids is 2. The zero-order valence-corrected chi connectivity index (χ0v) is 9.99. The van der Waals surface area contributed by atoms with Crippen molar-refractivity contribution in [2.45, 2.75) is 18.9 Å². The van der Waals surface area contributed by atoms with Gasteiger partial charge in [-0.3, -0.25) is 4.79 Å². The van der Waals surface area contributed by atoms with Crippen molar-refractivity contribution in [2.24, 2.45) is 0 Å². The minimum absolute atomic E-state index is 0.0480. The molecule has 0 aromatic heterocycles. The van der Waals surface area contributed by atoms with Crippen LogP contribution in [0.1, 0.15) is 12.8 Å². The van der Waals surface area contributed by atoms with Crippen molar-refractivity contribution in [3.05, 3.63) is 0 Å². The van der Waals surface area contributed by atoms with Crippen molar-refractivity contribution in [2.75, 3.05) is 32.8 Å². The van der Waals surface area contributed by atoms with Gasteiger partial charge in [0.2, 0.25) is 5.12 Å². The van der Waals surface area contributed by atoms with Gasteiger partial charge in [0.15, 0.2) is 0 Å². The molecule has 2 saturated heterocycles. The number of hydrogen-bond acceptors (Lipinski definition) is 3. The second kappa shape index (κ2) is 5.05. The lowest BCUT2D eigenvalue weighted by atomic mass is 10.2. The van der Waals surface area contributed by atoms with E-state index in [1.165, 1.54) is 0 Å². The third-order valence-electron chi connectivity index (χ3n) is 3.07. The fourth-order valence-corrected chi connectivity index (χ4v) is 2.46. The molecule has 2 fully saturated rings. The van der Waals surface area contributed by atoms with E-state index in [0.717, 1.165) is 12.8 Å². The van der Waals surface area contributed by atoms with E-state index in [9.17, 15) is 9.59 Å². The molecular formula is C10H16N2O3S.